The Morgan fingerprint density at radius 3 is 2.92 bits per heavy atom. The Bertz CT molecular complexity index is 460. The van der Waals surface area contributed by atoms with Crippen molar-refractivity contribution in [3.8, 4) is 0 Å². The van der Waals surface area contributed by atoms with Crippen LogP contribution in [0.4, 0.5) is 0 Å². The van der Waals surface area contributed by atoms with Crippen LogP contribution in [0.3, 0.4) is 0 Å². The van der Waals surface area contributed by atoms with Crippen LogP contribution in [-0.4, -0.2) is 19.8 Å². The van der Waals surface area contributed by atoms with Gasteiger partial charge in [-0.15, -0.1) is 10.2 Å². The molecule has 1 fully saturated rings. The van der Waals surface area contributed by atoms with Crippen LogP contribution in [-0.2, 0) is 0 Å². The quantitative estimate of drug-likeness (QED) is 0.694. The highest BCUT2D eigenvalue weighted by molar-refractivity contribution is 6.29. The van der Waals surface area contributed by atoms with E-state index in [9.17, 15) is 0 Å². The van der Waals surface area contributed by atoms with Crippen LogP contribution < -0.4 is 0 Å². The van der Waals surface area contributed by atoms with Gasteiger partial charge in [0.1, 0.15) is 5.15 Å². The summed E-state index contributed by atoms with van der Waals surface area (Å²) >= 11 is 5.79. The van der Waals surface area contributed by atoms with Crippen molar-refractivity contribution in [1.82, 2.24) is 19.8 Å². The summed E-state index contributed by atoms with van der Waals surface area (Å²) in [5, 5.41) is 12.7. The molecule has 4 nitrogen and oxygen atoms in total. The third kappa shape index (κ3) is 1.09. The highest BCUT2D eigenvalue weighted by Crippen LogP contribution is 2.38. The fraction of sp³-hybridized carbons (Fsp3) is 0.375. The molecule has 2 heterocycles. The lowest BCUT2D eigenvalue weighted by molar-refractivity contribution is 0.815. The Morgan fingerprint density at radius 2 is 2.15 bits per heavy atom. The predicted molar refractivity (Wildman–Crippen MR) is 47.8 cm³/mol. The molecule has 5 heteroatoms. The van der Waals surface area contributed by atoms with Gasteiger partial charge >= 0.3 is 0 Å². The third-order valence-corrected chi connectivity index (χ3v) is 2.40. The first-order chi connectivity index (χ1) is 6.34. The molecule has 0 aliphatic heterocycles. The second-order valence-corrected chi connectivity index (χ2v) is 3.65. The van der Waals surface area contributed by atoms with Crippen molar-refractivity contribution in [2.45, 2.75) is 18.8 Å². The van der Waals surface area contributed by atoms with Gasteiger partial charge in [-0.05, 0) is 25.0 Å². The summed E-state index contributed by atoms with van der Waals surface area (Å²) in [5.74, 6) is 1.48. The average molecular weight is 195 g/mol. The fourth-order valence-corrected chi connectivity index (χ4v) is 1.52. The Labute approximate surface area is 79.5 Å². The molecule has 0 radical (unpaired) electrons. The molecular formula is C8H7ClN4. The van der Waals surface area contributed by atoms with Crippen LogP contribution in [0.1, 0.15) is 24.6 Å². The summed E-state index contributed by atoms with van der Waals surface area (Å²) in [7, 11) is 0. The molecule has 66 valence electrons. The van der Waals surface area contributed by atoms with E-state index in [0.717, 1.165) is 11.5 Å². The summed E-state index contributed by atoms with van der Waals surface area (Å²) in [5.41, 5.74) is 0.770. The van der Waals surface area contributed by atoms with Crippen molar-refractivity contribution in [3.05, 3.63) is 23.1 Å². The van der Waals surface area contributed by atoms with E-state index in [1.807, 2.05) is 6.07 Å². The van der Waals surface area contributed by atoms with Gasteiger partial charge in [0.2, 0.25) is 0 Å². The first kappa shape index (κ1) is 7.26. The number of hydrogen-bond acceptors (Lipinski definition) is 3. The number of halogens is 1. The molecule has 1 aliphatic rings. The van der Waals surface area contributed by atoms with Crippen LogP contribution in [0.25, 0.3) is 5.65 Å². The molecule has 0 N–H and O–H groups in total. The molecular weight excluding hydrogens is 188 g/mol. The van der Waals surface area contributed by atoms with Crippen molar-refractivity contribution in [1.29, 1.82) is 0 Å². The molecule has 2 aromatic rings. The van der Waals surface area contributed by atoms with Crippen molar-refractivity contribution in [2.75, 3.05) is 0 Å². The molecule has 2 aromatic heterocycles. The number of rotatable bonds is 1. The van der Waals surface area contributed by atoms with Crippen LogP contribution in [0.2, 0.25) is 5.15 Å². The zero-order chi connectivity index (χ0) is 8.84. The van der Waals surface area contributed by atoms with Crippen LogP contribution in [0, 0.1) is 0 Å². The average Bonchev–Trinajstić information content (AvgIpc) is 2.87. The molecule has 0 aromatic carbocycles. The highest BCUT2D eigenvalue weighted by Gasteiger charge is 2.29. The van der Waals surface area contributed by atoms with Crippen LogP contribution in [0.5, 0.6) is 0 Å². The fourth-order valence-electron chi connectivity index (χ4n) is 1.38. The monoisotopic (exact) mass is 194 g/mol. The van der Waals surface area contributed by atoms with Gasteiger partial charge < -0.3 is 0 Å². The summed E-state index contributed by atoms with van der Waals surface area (Å²) < 4.78 is 1.74. The standard InChI is InChI=1S/C8H7ClN4/c9-6-3-4-7-10-11-8(5-1-2-5)13(7)12-6/h3-5H,1-2H2. The van der Waals surface area contributed by atoms with Gasteiger partial charge in [-0.25, -0.2) is 0 Å². The second kappa shape index (κ2) is 2.42. The molecule has 0 saturated heterocycles. The van der Waals surface area contributed by atoms with Crippen LogP contribution >= 0.6 is 11.6 Å². The summed E-state index contributed by atoms with van der Waals surface area (Å²) in [6, 6.07) is 3.55. The topological polar surface area (TPSA) is 43.1 Å². The molecule has 0 amide bonds. The minimum atomic E-state index is 0.481. The molecule has 0 unspecified atom stereocenters. The van der Waals surface area contributed by atoms with E-state index < -0.39 is 0 Å². The number of hydrogen-bond donors (Lipinski definition) is 0. The molecule has 13 heavy (non-hydrogen) atoms. The molecule has 1 aliphatic carbocycles. The lowest BCUT2D eigenvalue weighted by Gasteiger charge is -1.95. The second-order valence-electron chi connectivity index (χ2n) is 3.26. The van der Waals surface area contributed by atoms with Gasteiger partial charge in [0, 0.05) is 5.92 Å². The maximum Gasteiger partial charge on any atom is 0.178 e. The summed E-state index contributed by atoms with van der Waals surface area (Å²) in [6.45, 7) is 0. The Morgan fingerprint density at radius 1 is 1.31 bits per heavy atom. The van der Waals surface area contributed by atoms with Crippen molar-refractivity contribution in [3.63, 3.8) is 0 Å². The Hall–Kier alpha value is -1.16. The van der Waals surface area contributed by atoms with E-state index >= 15 is 0 Å². The third-order valence-electron chi connectivity index (χ3n) is 2.20. The van der Waals surface area contributed by atoms with E-state index in [2.05, 4.69) is 15.3 Å². The predicted octanol–water partition coefficient (Wildman–Crippen LogP) is 1.66. The molecule has 0 bridgehead atoms. The lowest BCUT2D eigenvalue weighted by atomic mass is 10.4. The normalized spacial score (nSPS) is 16.7. The minimum absolute atomic E-state index is 0.481. The van der Waals surface area contributed by atoms with Gasteiger partial charge in [0.05, 0.1) is 0 Å². The molecule has 1 saturated carbocycles. The largest absolute Gasteiger partial charge is 0.196 e. The highest BCUT2D eigenvalue weighted by atomic mass is 35.5. The zero-order valence-corrected chi connectivity index (χ0v) is 7.57. The minimum Gasteiger partial charge on any atom is -0.196 e. The number of nitrogens with zero attached hydrogens (tertiary/aromatic N) is 4. The van der Waals surface area contributed by atoms with Crippen molar-refractivity contribution >= 4 is 17.2 Å². The maximum atomic E-state index is 5.79. The molecule has 0 spiro atoms. The Balaban J connectivity index is 2.29. The van der Waals surface area contributed by atoms with Gasteiger partial charge in [-0.1, -0.05) is 11.6 Å². The number of fused-ring (bicyclic) bond motifs is 1. The smallest absolute Gasteiger partial charge is 0.178 e. The van der Waals surface area contributed by atoms with Crippen LogP contribution in [0.15, 0.2) is 12.1 Å². The first-order valence-electron chi connectivity index (χ1n) is 4.22. The SMILES string of the molecule is Clc1ccc2nnc(C3CC3)n2n1. The van der Waals surface area contributed by atoms with Gasteiger partial charge in [0.15, 0.2) is 11.5 Å². The van der Waals surface area contributed by atoms with Gasteiger partial charge in [0.25, 0.3) is 0 Å². The molecule has 0 atom stereocenters. The zero-order valence-electron chi connectivity index (χ0n) is 6.81. The molecule has 3 rings (SSSR count). The van der Waals surface area contributed by atoms with Crippen molar-refractivity contribution in [2.24, 2.45) is 0 Å². The van der Waals surface area contributed by atoms with Gasteiger partial charge in [-0.3, -0.25) is 0 Å². The van der Waals surface area contributed by atoms with E-state index in [4.69, 9.17) is 11.6 Å². The van der Waals surface area contributed by atoms with Gasteiger partial charge in [-0.2, -0.15) is 9.61 Å². The van der Waals surface area contributed by atoms with Crippen molar-refractivity contribution < 1.29 is 0 Å². The van der Waals surface area contributed by atoms with E-state index in [0.29, 0.717) is 11.1 Å². The van der Waals surface area contributed by atoms with E-state index in [1.165, 1.54) is 12.8 Å². The van der Waals surface area contributed by atoms with E-state index in [-0.39, 0.29) is 0 Å². The summed E-state index contributed by atoms with van der Waals surface area (Å²) in [4.78, 5) is 0. The number of aromatic nitrogens is 4. The Kier molecular flexibility index (Phi) is 1.35. The lowest BCUT2D eigenvalue weighted by Crippen LogP contribution is -1.96. The first-order valence-corrected chi connectivity index (χ1v) is 4.60. The maximum absolute atomic E-state index is 5.79. The van der Waals surface area contributed by atoms with E-state index in [1.54, 1.807) is 10.6 Å². The summed E-state index contributed by atoms with van der Waals surface area (Å²) in [6.07, 6.45) is 2.38.